The van der Waals surface area contributed by atoms with Gasteiger partial charge in [0.15, 0.2) is 0 Å². The third kappa shape index (κ3) is 4.15. The average molecular weight is 458 g/mol. The maximum absolute atomic E-state index is 13.2. The predicted octanol–water partition coefficient (Wildman–Crippen LogP) is 4.06. The molecule has 0 saturated heterocycles. The van der Waals surface area contributed by atoms with Crippen molar-refractivity contribution in [3.8, 4) is 11.1 Å². The number of fused-ring (bicyclic) bond motifs is 1. The molecule has 2 aromatic heterocycles. The second kappa shape index (κ2) is 8.81. The molecule has 0 fully saturated rings. The maximum atomic E-state index is 13.2. The number of nitrogens with one attached hydrogen (secondary N) is 1. The number of nitrogens with zero attached hydrogens (tertiary/aromatic N) is 4. The van der Waals surface area contributed by atoms with Crippen molar-refractivity contribution < 1.29 is 0 Å². The second-order valence-electron chi connectivity index (χ2n) is 8.23. The fourth-order valence-electron chi connectivity index (χ4n) is 4.36. The van der Waals surface area contributed by atoms with Crippen molar-refractivity contribution in [2.45, 2.75) is 12.6 Å². The highest BCUT2D eigenvalue weighted by atomic mass is 35.5. The molecular weight excluding hydrogens is 434 g/mol. The molecule has 3 heterocycles. The summed E-state index contributed by atoms with van der Waals surface area (Å²) in [6, 6.07) is 17.5. The first-order chi connectivity index (χ1) is 16.0. The number of pyridine rings is 1. The number of rotatable bonds is 6. The Balaban J connectivity index is 1.50. The first-order valence-electron chi connectivity index (χ1n) is 10.8. The van der Waals surface area contributed by atoms with E-state index in [9.17, 15) is 4.79 Å². The Morgan fingerprint density at radius 3 is 2.67 bits per heavy atom. The van der Waals surface area contributed by atoms with Gasteiger partial charge in [-0.05, 0) is 53.6 Å². The molecule has 6 nitrogen and oxygen atoms in total. The molecule has 0 bridgehead atoms. The fourth-order valence-corrected chi connectivity index (χ4v) is 4.56. The number of hydrogen-bond acceptors (Lipinski definition) is 4. The van der Waals surface area contributed by atoms with Gasteiger partial charge in [0, 0.05) is 48.2 Å². The molecule has 0 amide bonds. The largest absolute Gasteiger partial charge is 0.317 e. The van der Waals surface area contributed by atoms with Gasteiger partial charge in [0.2, 0.25) is 0 Å². The molecule has 166 valence electrons. The molecule has 0 radical (unpaired) electrons. The van der Waals surface area contributed by atoms with E-state index in [4.69, 9.17) is 16.6 Å². The van der Waals surface area contributed by atoms with Crippen molar-refractivity contribution in [1.82, 2.24) is 19.7 Å². The molecule has 1 aliphatic heterocycles. The van der Waals surface area contributed by atoms with Crippen molar-refractivity contribution >= 4 is 17.3 Å². The van der Waals surface area contributed by atoms with Crippen LogP contribution in [0.1, 0.15) is 28.3 Å². The van der Waals surface area contributed by atoms with Crippen LogP contribution in [-0.4, -0.2) is 33.7 Å². The van der Waals surface area contributed by atoms with Crippen molar-refractivity contribution in [2.75, 3.05) is 13.6 Å². The predicted molar refractivity (Wildman–Crippen MR) is 132 cm³/mol. The number of halogens is 1. The topological polar surface area (TPSA) is 64.2 Å². The van der Waals surface area contributed by atoms with Crippen LogP contribution in [0.4, 0.5) is 0 Å². The summed E-state index contributed by atoms with van der Waals surface area (Å²) in [6.45, 7) is 1.27. The lowest BCUT2D eigenvalue weighted by Crippen LogP contribution is -2.31. The summed E-state index contributed by atoms with van der Waals surface area (Å²) in [4.78, 5) is 17.9. The van der Waals surface area contributed by atoms with E-state index in [0.29, 0.717) is 18.1 Å². The Labute approximate surface area is 197 Å². The summed E-state index contributed by atoms with van der Waals surface area (Å²) in [5, 5.41) is 8.12. The van der Waals surface area contributed by atoms with E-state index in [0.717, 1.165) is 33.5 Å². The molecule has 1 aliphatic rings. The van der Waals surface area contributed by atoms with Crippen molar-refractivity contribution in [2.24, 2.45) is 12.0 Å². The summed E-state index contributed by atoms with van der Waals surface area (Å²) < 4.78 is 3.53. The van der Waals surface area contributed by atoms with Gasteiger partial charge in [-0.15, -0.1) is 0 Å². The number of hydrogen-bond donors (Lipinski definition) is 1. The zero-order valence-corrected chi connectivity index (χ0v) is 19.3. The van der Waals surface area contributed by atoms with Crippen molar-refractivity contribution in [1.29, 1.82) is 0 Å². The first-order valence-corrected chi connectivity index (χ1v) is 11.2. The van der Waals surface area contributed by atoms with Crippen LogP contribution in [0.25, 0.3) is 11.1 Å². The Kier molecular flexibility index (Phi) is 5.70. The third-order valence-electron chi connectivity index (χ3n) is 6.00. The summed E-state index contributed by atoms with van der Waals surface area (Å²) in [6.07, 6.45) is 5.67. The Morgan fingerprint density at radius 1 is 1.09 bits per heavy atom. The molecular formula is C26H24ClN5O. The summed E-state index contributed by atoms with van der Waals surface area (Å²) in [7, 11) is 3.78. The number of aliphatic imine (C=N–C) groups is 1. The third-order valence-corrected chi connectivity index (χ3v) is 6.23. The van der Waals surface area contributed by atoms with Crippen LogP contribution in [0.15, 0.2) is 83.0 Å². The van der Waals surface area contributed by atoms with Crippen LogP contribution in [-0.2, 0) is 13.6 Å². The molecule has 7 heteroatoms. The maximum Gasteiger partial charge on any atom is 0.251 e. The quantitative estimate of drug-likeness (QED) is 0.475. The lowest BCUT2D eigenvalue weighted by molar-refractivity contribution is 0.534. The number of aryl methyl sites for hydroxylation is 1. The molecule has 0 saturated carbocycles. The van der Waals surface area contributed by atoms with Crippen LogP contribution < -0.4 is 10.9 Å². The SMILES string of the molecule is CNCC(c1cccc(Cl)c1)n1ccc(-c2ccc3c(c2)C(c2cnn(C)c2)=NC3)cc1=O. The molecule has 1 atom stereocenters. The Morgan fingerprint density at radius 2 is 1.94 bits per heavy atom. The molecule has 2 aromatic carbocycles. The van der Waals surface area contributed by atoms with Gasteiger partial charge in [-0.3, -0.25) is 14.5 Å². The van der Waals surface area contributed by atoms with Crippen LogP contribution >= 0.6 is 11.6 Å². The molecule has 0 spiro atoms. The lowest BCUT2D eigenvalue weighted by Gasteiger charge is -2.21. The van der Waals surface area contributed by atoms with Crippen molar-refractivity contribution in [3.05, 3.63) is 111 Å². The van der Waals surface area contributed by atoms with Gasteiger partial charge in [-0.1, -0.05) is 35.9 Å². The first kappa shape index (κ1) is 21.4. The Hall–Kier alpha value is -3.48. The minimum atomic E-state index is -0.153. The van der Waals surface area contributed by atoms with E-state index in [2.05, 4.69) is 28.6 Å². The smallest absolute Gasteiger partial charge is 0.251 e. The van der Waals surface area contributed by atoms with E-state index >= 15 is 0 Å². The lowest BCUT2D eigenvalue weighted by atomic mass is 9.96. The van der Waals surface area contributed by atoms with Gasteiger partial charge < -0.3 is 9.88 Å². The standard InChI is InChI=1S/C26H24ClN5O/c1-28-15-24(19-4-3-5-22(27)10-19)32-9-8-18(12-25(32)33)17-6-7-20-13-29-26(23(20)11-17)21-14-30-31(2)16-21/h3-12,14,16,24,28H,13,15H2,1-2H3. The molecule has 0 aliphatic carbocycles. The van der Waals surface area contributed by atoms with Crippen molar-refractivity contribution in [3.63, 3.8) is 0 Å². The van der Waals surface area contributed by atoms with Crippen LogP contribution in [0.3, 0.4) is 0 Å². The van der Waals surface area contributed by atoms with E-state index in [1.807, 2.05) is 63.0 Å². The highest BCUT2D eigenvalue weighted by molar-refractivity contribution is 6.30. The van der Waals surface area contributed by atoms with Crippen LogP contribution in [0.2, 0.25) is 5.02 Å². The highest BCUT2D eigenvalue weighted by Gasteiger charge is 2.20. The van der Waals surface area contributed by atoms with E-state index in [-0.39, 0.29) is 11.6 Å². The van der Waals surface area contributed by atoms with E-state index in [1.165, 1.54) is 5.56 Å². The van der Waals surface area contributed by atoms with Gasteiger partial charge >= 0.3 is 0 Å². The molecule has 1 N–H and O–H groups in total. The Bertz CT molecular complexity index is 1420. The molecule has 4 aromatic rings. The summed E-state index contributed by atoms with van der Waals surface area (Å²) >= 11 is 6.20. The second-order valence-corrected chi connectivity index (χ2v) is 8.67. The normalized spacial score (nSPS) is 13.6. The minimum absolute atomic E-state index is 0.0608. The highest BCUT2D eigenvalue weighted by Crippen LogP contribution is 2.29. The van der Waals surface area contributed by atoms with E-state index < -0.39 is 0 Å². The molecule has 5 rings (SSSR count). The molecule has 1 unspecified atom stereocenters. The van der Waals surface area contributed by atoms with Gasteiger partial charge in [-0.25, -0.2) is 0 Å². The minimum Gasteiger partial charge on any atom is -0.317 e. The van der Waals surface area contributed by atoms with Crippen LogP contribution in [0.5, 0.6) is 0 Å². The zero-order chi connectivity index (χ0) is 22.9. The van der Waals surface area contributed by atoms with Gasteiger partial charge in [0.05, 0.1) is 24.5 Å². The number of benzene rings is 2. The fraction of sp³-hybridized carbons (Fsp3) is 0.192. The van der Waals surface area contributed by atoms with E-state index in [1.54, 1.807) is 15.3 Å². The van der Waals surface area contributed by atoms with Gasteiger partial charge in [0.1, 0.15) is 0 Å². The zero-order valence-electron chi connectivity index (χ0n) is 18.5. The van der Waals surface area contributed by atoms with Gasteiger partial charge in [0.25, 0.3) is 5.56 Å². The van der Waals surface area contributed by atoms with Gasteiger partial charge in [-0.2, -0.15) is 5.10 Å². The molecule has 33 heavy (non-hydrogen) atoms. The number of aromatic nitrogens is 3. The summed E-state index contributed by atoms with van der Waals surface area (Å²) in [5.41, 5.74) is 7.02. The number of likely N-dealkylation sites (N-methyl/N-ethyl adjacent to an activating group) is 1. The summed E-state index contributed by atoms with van der Waals surface area (Å²) in [5.74, 6) is 0. The van der Waals surface area contributed by atoms with Crippen LogP contribution in [0, 0.1) is 0 Å². The monoisotopic (exact) mass is 457 g/mol. The average Bonchev–Trinajstić information content (AvgIpc) is 3.43.